The predicted octanol–water partition coefficient (Wildman–Crippen LogP) is 2.00. The maximum Gasteiger partial charge on any atom is 0.270 e. The monoisotopic (exact) mass is 355 g/mol. The van der Waals surface area contributed by atoms with Crippen molar-refractivity contribution in [2.24, 2.45) is 5.92 Å². The van der Waals surface area contributed by atoms with Gasteiger partial charge in [-0.1, -0.05) is 18.2 Å². The minimum absolute atomic E-state index is 0.0414. The van der Waals surface area contributed by atoms with Crippen LogP contribution in [0.2, 0.25) is 0 Å². The number of H-pyrrole nitrogens is 1. The van der Waals surface area contributed by atoms with Crippen molar-refractivity contribution < 1.29 is 14.7 Å². The van der Waals surface area contributed by atoms with Crippen LogP contribution in [0.15, 0.2) is 30.3 Å². The fraction of sp³-hybridized carbons (Fsp3) is 0.500. The van der Waals surface area contributed by atoms with Crippen molar-refractivity contribution in [2.45, 2.75) is 37.8 Å². The SMILES string of the molecule is CN(CC1CCCN1C(=O)C1CC(O)C1)C(=O)c1cc2ccccc2[nH]1. The zero-order valence-corrected chi connectivity index (χ0v) is 15.0. The van der Waals surface area contributed by atoms with Crippen LogP contribution in [0.1, 0.15) is 36.2 Å². The molecule has 0 spiro atoms. The number of benzene rings is 1. The third-order valence-electron chi connectivity index (χ3n) is 5.71. The van der Waals surface area contributed by atoms with E-state index < -0.39 is 0 Å². The summed E-state index contributed by atoms with van der Waals surface area (Å²) in [6.45, 7) is 1.29. The Morgan fingerprint density at radius 2 is 2.08 bits per heavy atom. The Kier molecular flexibility index (Phi) is 4.44. The summed E-state index contributed by atoms with van der Waals surface area (Å²) in [7, 11) is 1.79. The number of nitrogens with one attached hydrogen (secondary N) is 1. The smallest absolute Gasteiger partial charge is 0.270 e. The fourth-order valence-electron chi connectivity index (χ4n) is 4.13. The molecule has 0 radical (unpaired) electrons. The average Bonchev–Trinajstić information content (AvgIpc) is 3.24. The van der Waals surface area contributed by atoms with Gasteiger partial charge in [0.25, 0.3) is 5.91 Å². The van der Waals surface area contributed by atoms with Gasteiger partial charge >= 0.3 is 0 Å². The second-order valence-corrected chi connectivity index (χ2v) is 7.61. The number of amides is 2. The number of likely N-dealkylation sites (tertiary alicyclic amines) is 1. The molecule has 2 amide bonds. The van der Waals surface area contributed by atoms with Gasteiger partial charge in [0.1, 0.15) is 5.69 Å². The van der Waals surface area contributed by atoms with Crippen molar-refractivity contribution in [3.8, 4) is 0 Å². The minimum atomic E-state index is -0.323. The molecule has 1 unspecified atom stereocenters. The van der Waals surface area contributed by atoms with Gasteiger partial charge in [-0.15, -0.1) is 0 Å². The molecule has 4 rings (SSSR count). The highest BCUT2D eigenvalue weighted by atomic mass is 16.3. The molecule has 26 heavy (non-hydrogen) atoms. The number of carbonyl (C=O) groups excluding carboxylic acids is 2. The van der Waals surface area contributed by atoms with Gasteiger partial charge in [0.2, 0.25) is 5.91 Å². The Morgan fingerprint density at radius 3 is 2.81 bits per heavy atom. The van der Waals surface area contributed by atoms with Crippen LogP contribution in [0.5, 0.6) is 0 Å². The van der Waals surface area contributed by atoms with Gasteiger partial charge in [-0.25, -0.2) is 0 Å². The lowest BCUT2D eigenvalue weighted by Gasteiger charge is -2.36. The standard InChI is InChI=1S/C20H25N3O3/c1-22(20(26)18-11-13-5-2-3-7-17(13)21-18)12-15-6-4-8-23(15)19(25)14-9-16(24)10-14/h2-3,5,7,11,14-16,21,24H,4,6,8-10,12H2,1H3. The van der Waals surface area contributed by atoms with Crippen molar-refractivity contribution in [3.05, 3.63) is 36.0 Å². The second kappa shape index (κ2) is 6.76. The molecule has 1 saturated heterocycles. The molecule has 1 saturated carbocycles. The lowest BCUT2D eigenvalue weighted by Crippen LogP contribution is -2.49. The van der Waals surface area contributed by atoms with Crippen molar-refractivity contribution >= 4 is 22.7 Å². The minimum Gasteiger partial charge on any atom is -0.393 e. The van der Waals surface area contributed by atoms with Gasteiger partial charge in [0.05, 0.1) is 6.10 Å². The summed E-state index contributed by atoms with van der Waals surface area (Å²) in [5.41, 5.74) is 1.53. The largest absolute Gasteiger partial charge is 0.393 e. The van der Waals surface area contributed by atoms with Gasteiger partial charge in [0, 0.05) is 43.0 Å². The molecule has 2 heterocycles. The summed E-state index contributed by atoms with van der Waals surface area (Å²) < 4.78 is 0. The molecule has 2 N–H and O–H groups in total. The lowest BCUT2D eigenvalue weighted by molar-refractivity contribution is -0.143. The number of aromatic amines is 1. The maximum atomic E-state index is 12.8. The van der Waals surface area contributed by atoms with E-state index in [2.05, 4.69) is 4.98 Å². The molecule has 1 aromatic carbocycles. The number of hydrogen-bond donors (Lipinski definition) is 2. The van der Waals surface area contributed by atoms with Gasteiger partial charge < -0.3 is 19.9 Å². The number of nitrogens with zero attached hydrogens (tertiary/aromatic N) is 2. The number of hydrogen-bond acceptors (Lipinski definition) is 3. The number of likely N-dealkylation sites (N-methyl/N-ethyl adjacent to an activating group) is 1. The van der Waals surface area contributed by atoms with Crippen molar-refractivity contribution in [3.63, 3.8) is 0 Å². The third-order valence-corrected chi connectivity index (χ3v) is 5.71. The summed E-state index contributed by atoms with van der Waals surface area (Å²) >= 11 is 0. The first-order valence-electron chi connectivity index (χ1n) is 9.34. The van der Waals surface area contributed by atoms with E-state index in [1.807, 2.05) is 35.2 Å². The van der Waals surface area contributed by atoms with Crippen LogP contribution >= 0.6 is 0 Å². The van der Waals surface area contributed by atoms with E-state index >= 15 is 0 Å². The Labute approximate surface area is 152 Å². The van der Waals surface area contributed by atoms with Gasteiger partial charge in [0.15, 0.2) is 0 Å². The summed E-state index contributed by atoms with van der Waals surface area (Å²) in [5, 5.41) is 10.5. The Balaban J connectivity index is 1.42. The lowest BCUT2D eigenvalue weighted by atomic mass is 9.81. The molecule has 1 atom stereocenters. The highest BCUT2D eigenvalue weighted by Crippen LogP contribution is 2.32. The highest BCUT2D eigenvalue weighted by Gasteiger charge is 2.39. The van der Waals surface area contributed by atoms with Gasteiger partial charge in [-0.2, -0.15) is 0 Å². The van der Waals surface area contributed by atoms with Crippen molar-refractivity contribution in [1.29, 1.82) is 0 Å². The van der Waals surface area contributed by atoms with Crippen LogP contribution in [0, 0.1) is 5.92 Å². The van der Waals surface area contributed by atoms with Crippen molar-refractivity contribution in [1.82, 2.24) is 14.8 Å². The van der Waals surface area contributed by atoms with Gasteiger partial charge in [-0.05, 0) is 37.8 Å². The summed E-state index contributed by atoms with van der Waals surface area (Å²) in [6, 6.07) is 9.77. The van der Waals surface area contributed by atoms with Crippen LogP contribution in [-0.2, 0) is 4.79 Å². The molecular weight excluding hydrogens is 330 g/mol. The summed E-state index contributed by atoms with van der Waals surface area (Å²) in [4.78, 5) is 32.2. The summed E-state index contributed by atoms with van der Waals surface area (Å²) in [5.74, 6) is 0.0455. The Hall–Kier alpha value is -2.34. The van der Waals surface area contributed by atoms with Gasteiger partial charge in [-0.3, -0.25) is 9.59 Å². The zero-order chi connectivity index (χ0) is 18.3. The molecule has 0 bridgehead atoms. The van der Waals surface area contributed by atoms with E-state index in [9.17, 15) is 14.7 Å². The molecule has 2 aromatic rings. The van der Waals surface area contributed by atoms with E-state index in [0.29, 0.717) is 25.1 Å². The highest BCUT2D eigenvalue weighted by molar-refractivity contribution is 5.97. The number of aromatic nitrogens is 1. The average molecular weight is 355 g/mol. The number of para-hydroxylation sites is 1. The van der Waals surface area contributed by atoms with E-state index in [1.165, 1.54) is 0 Å². The topological polar surface area (TPSA) is 76.6 Å². The van der Waals surface area contributed by atoms with E-state index in [4.69, 9.17) is 0 Å². The van der Waals surface area contributed by atoms with Crippen molar-refractivity contribution in [2.75, 3.05) is 20.1 Å². The second-order valence-electron chi connectivity index (χ2n) is 7.61. The zero-order valence-electron chi connectivity index (χ0n) is 15.0. The molecule has 1 aromatic heterocycles. The first-order chi connectivity index (χ1) is 12.5. The van der Waals surface area contributed by atoms with Crippen LogP contribution in [0.3, 0.4) is 0 Å². The van der Waals surface area contributed by atoms with E-state index in [-0.39, 0.29) is 29.9 Å². The molecule has 1 aliphatic heterocycles. The number of aliphatic hydroxyl groups is 1. The quantitative estimate of drug-likeness (QED) is 0.881. The van der Waals surface area contributed by atoms with Crippen LogP contribution in [0.4, 0.5) is 0 Å². The molecule has 6 nitrogen and oxygen atoms in total. The fourth-order valence-corrected chi connectivity index (χ4v) is 4.13. The first kappa shape index (κ1) is 17.1. The number of aliphatic hydroxyl groups excluding tert-OH is 1. The molecular formula is C20H25N3O3. The Bertz CT molecular complexity index is 792. The maximum absolute atomic E-state index is 12.8. The van der Waals surface area contributed by atoms with E-state index in [1.54, 1.807) is 11.9 Å². The molecule has 2 aliphatic rings. The predicted molar refractivity (Wildman–Crippen MR) is 98.7 cm³/mol. The molecule has 6 heteroatoms. The number of rotatable bonds is 4. The van der Waals surface area contributed by atoms with Crippen LogP contribution in [0.25, 0.3) is 10.9 Å². The third kappa shape index (κ3) is 3.09. The summed E-state index contributed by atoms with van der Waals surface area (Å²) in [6.07, 6.45) is 2.72. The van der Waals surface area contributed by atoms with Crippen LogP contribution < -0.4 is 0 Å². The molecule has 138 valence electrons. The van der Waals surface area contributed by atoms with E-state index in [0.717, 1.165) is 30.3 Å². The molecule has 2 fully saturated rings. The molecule has 1 aliphatic carbocycles. The number of fused-ring (bicyclic) bond motifs is 1. The van der Waals surface area contributed by atoms with Crippen LogP contribution in [-0.4, -0.2) is 64.0 Å². The Morgan fingerprint density at radius 1 is 1.31 bits per heavy atom. The normalized spacial score (nSPS) is 25.3. The first-order valence-corrected chi connectivity index (χ1v) is 9.34. The number of carbonyl (C=O) groups is 2.